The molecular weight excluding hydrogens is 216 g/mol. The fourth-order valence-corrected chi connectivity index (χ4v) is 2.31. The van der Waals surface area contributed by atoms with Gasteiger partial charge in [-0.05, 0) is 25.2 Å². The average Bonchev–Trinajstić information content (AvgIpc) is 2.35. The number of nitrogens with one attached hydrogen (secondary N) is 1. The first-order valence-electron chi connectivity index (χ1n) is 6.87. The third-order valence-corrected chi connectivity index (χ3v) is 3.25. The maximum Gasteiger partial charge on any atom is 0.220 e. The van der Waals surface area contributed by atoms with E-state index in [4.69, 9.17) is 10.5 Å². The first-order valence-corrected chi connectivity index (χ1v) is 6.87. The van der Waals surface area contributed by atoms with Crippen molar-refractivity contribution in [2.75, 3.05) is 26.3 Å². The molecule has 0 saturated heterocycles. The van der Waals surface area contributed by atoms with Crippen molar-refractivity contribution in [2.45, 2.75) is 44.9 Å². The quantitative estimate of drug-likeness (QED) is 0.633. The molecule has 100 valence electrons. The predicted octanol–water partition coefficient (Wildman–Crippen LogP) is 1.44. The van der Waals surface area contributed by atoms with Crippen LogP contribution in [0.15, 0.2) is 0 Å². The monoisotopic (exact) mass is 242 g/mol. The Bertz CT molecular complexity index is 204. The lowest BCUT2D eigenvalue weighted by molar-refractivity contribution is -0.122. The number of carbonyl (C=O) groups is 1. The highest BCUT2D eigenvalue weighted by atomic mass is 16.5. The summed E-state index contributed by atoms with van der Waals surface area (Å²) in [6.07, 6.45) is 7.98. The van der Waals surface area contributed by atoms with E-state index in [0.717, 1.165) is 13.0 Å². The van der Waals surface area contributed by atoms with E-state index in [1.54, 1.807) is 0 Å². The Balaban J connectivity index is 1.93. The van der Waals surface area contributed by atoms with Crippen LogP contribution in [0.1, 0.15) is 44.9 Å². The zero-order valence-electron chi connectivity index (χ0n) is 10.7. The van der Waals surface area contributed by atoms with Gasteiger partial charge in [-0.1, -0.05) is 19.3 Å². The van der Waals surface area contributed by atoms with Crippen LogP contribution in [-0.4, -0.2) is 32.2 Å². The third-order valence-electron chi connectivity index (χ3n) is 3.25. The number of rotatable bonds is 8. The van der Waals surface area contributed by atoms with Crippen LogP contribution in [0.5, 0.6) is 0 Å². The van der Waals surface area contributed by atoms with Crippen molar-refractivity contribution in [3.05, 3.63) is 0 Å². The number of ether oxygens (including phenoxy) is 1. The third kappa shape index (κ3) is 7.34. The average molecular weight is 242 g/mol. The molecule has 0 aromatic carbocycles. The Labute approximate surface area is 104 Å². The fraction of sp³-hybridized carbons (Fsp3) is 0.923. The molecule has 0 aromatic rings. The fourth-order valence-electron chi connectivity index (χ4n) is 2.31. The number of hydrogen-bond acceptors (Lipinski definition) is 3. The Morgan fingerprint density at radius 2 is 2.00 bits per heavy atom. The van der Waals surface area contributed by atoms with Gasteiger partial charge in [0.2, 0.25) is 5.91 Å². The highest BCUT2D eigenvalue weighted by Gasteiger charge is 2.16. The van der Waals surface area contributed by atoms with Crippen molar-refractivity contribution in [1.29, 1.82) is 0 Å². The van der Waals surface area contributed by atoms with Crippen LogP contribution in [-0.2, 0) is 9.53 Å². The van der Waals surface area contributed by atoms with Gasteiger partial charge in [0.05, 0.1) is 6.61 Å². The first kappa shape index (κ1) is 14.5. The summed E-state index contributed by atoms with van der Waals surface area (Å²) in [6.45, 7) is 2.57. The molecule has 1 aliphatic rings. The molecule has 0 atom stereocenters. The van der Waals surface area contributed by atoms with Crippen LogP contribution in [0.25, 0.3) is 0 Å². The normalized spacial score (nSPS) is 17.0. The second kappa shape index (κ2) is 9.42. The lowest BCUT2D eigenvalue weighted by Gasteiger charge is -2.20. The van der Waals surface area contributed by atoms with Gasteiger partial charge in [0.25, 0.3) is 0 Å². The molecule has 0 spiro atoms. The lowest BCUT2D eigenvalue weighted by Crippen LogP contribution is -2.28. The van der Waals surface area contributed by atoms with E-state index in [2.05, 4.69) is 5.32 Å². The van der Waals surface area contributed by atoms with E-state index in [9.17, 15) is 4.79 Å². The number of hydrogen-bond donors (Lipinski definition) is 2. The second-order valence-corrected chi connectivity index (χ2v) is 4.81. The predicted molar refractivity (Wildman–Crippen MR) is 68.7 cm³/mol. The summed E-state index contributed by atoms with van der Waals surface area (Å²) in [5.74, 6) is 0.827. The van der Waals surface area contributed by atoms with E-state index >= 15 is 0 Å². The minimum atomic E-state index is 0.204. The van der Waals surface area contributed by atoms with Gasteiger partial charge in [0, 0.05) is 26.1 Å². The van der Waals surface area contributed by atoms with Crippen LogP contribution < -0.4 is 11.1 Å². The Morgan fingerprint density at radius 1 is 1.24 bits per heavy atom. The van der Waals surface area contributed by atoms with Gasteiger partial charge in [0.15, 0.2) is 0 Å². The summed E-state index contributed by atoms with van der Waals surface area (Å²) in [6, 6.07) is 0. The number of amides is 1. The largest absolute Gasteiger partial charge is 0.380 e. The summed E-state index contributed by atoms with van der Waals surface area (Å²) in [5, 5.41) is 2.96. The summed E-state index contributed by atoms with van der Waals surface area (Å²) in [7, 11) is 0. The van der Waals surface area contributed by atoms with Gasteiger partial charge in [-0.2, -0.15) is 0 Å². The van der Waals surface area contributed by atoms with E-state index < -0.39 is 0 Å². The molecule has 0 heterocycles. The minimum Gasteiger partial charge on any atom is -0.380 e. The summed E-state index contributed by atoms with van der Waals surface area (Å²) >= 11 is 0. The van der Waals surface area contributed by atoms with Gasteiger partial charge in [-0.3, -0.25) is 4.79 Å². The molecule has 4 heteroatoms. The van der Waals surface area contributed by atoms with E-state index in [-0.39, 0.29) is 5.91 Å². The standard InChI is InChI=1S/C13H26N2O2/c14-7-10-17-9-4-8-15-13(16)11-12-5-2-1-3-6-12/h12H,1-11,14H2,(H,15,16). The van der Waals surface area contributed by atoms with Gasteiger partial charge < -0.3 is 15.8 Å². The summed E-state index contributed by atoms with van der Waals surface area (Å²) in [5.41, 5.74) is 5.30. The van der Waals surface area contributed by atoms with Crippen LogP contribution in [0.2, 0.25) is 0 Å². The van der Waals surface area contributed by atoms with E-state index in [0.29, 0.717) is 32.1 Å². The van der Waals surface area contributed by atoms with Gasteiger partial charge in [-0.25, -0.2) is 0 Å². The SMILES string of the molecule is NCCOCCCNC(=O)CC1CCCCC1. The topological polar surface area (TPSA) is 64.3 Å². The second-order valence-electron chi connectivity index (χ2n) is 4.81. The molecule has 17 heavy (non-hydrogen) atoms. The van der Waals surface area contributed by atoms with Crippen molar-refractivity contribution >= 4 is 5.91 Å². The lowest BCUT2D eigenvalue weighted by atomic mass is 9.87. The molecule has 0 radical (unpaired) electrons. The molecule has 1 rings (SSSR count). The van der Waals surface area contributed by atoms with Crippen LogP contribution in [0.3, 0.4) is 0 Å². The van der Waals surface area contributed by atoms with E-state index in [1.165, 1.54) is 32.1 Å². The van der Waals surface area contributed by atoms with Crippen molar-refractivity contribution in [3.8, 4) is 0 Å². The van der Waals surface area contributed by atoms with Crippen LogP contribution in [0, 0.1) is 5.92 Å². The van der Waals surface area contributed by atoms with Gasteiger partial charge in [-0.15, -0.1) is 0 Å². The maximum absolute atomic E-state index is 11.6. The Morgan fingerprint density at radius 3 is 2.71 bits per heavy atom. The number of carbonyl (C=O) groups excluding carboxylic acids is 1. The molecule has 3 N–H and O–H groups in total. The molecule has 1 amide bonds. The zero-order chi connectivity index (χ0) is 12.3. The molecule has 0 unspecified atom stereocenters. The Kier molecular flexibility index (Phi) is 8.01. The zero-order valence-corrected chi connectivity index (χ0v) is 10.7. The molecule has 1 fully saturated rings. The Hall–Kier alpha value is -0.610. The van der Waals surface area contributed by atoms with Crippen molar-refractivity contribution in [3.63, 3.8) is 0 Å². The highest BCUT2D eigenvalue weighted by Crippen LogP contribution is 2.25. The van der Waals surface area contributed by atoms with E-state index in [1.807, 2.05) is 0 Å². The highest BCUT2D eigenvalue weighted by molar-refractivity contribution is 5.76. The summed E-state index contributed by atoms with van der Waals surface area (Å²) in [4.78, 5) is 11.6. The molecule has 0 aromatic heterocycles. The van der Waals surface area contributed by atoms with Crippen LogP contribution in [0.4, 0.5) is 0 Å². The molecular formula is C13H26N2O2. The first-order chi connectivity index (χ1) is 8.33. The van der Waals surface area contributed by atoms with Crippen molar-refractivity contribution < 1.29 is 9.53 Å². The molecule has 0 aliphatic heterocycles. The number of nitrogens with two attached hydrogens (primary N) is 1. The van der Waals surface area contributed by atoms with Crippen molar-refractivity contribution in [2.24, 2.45) is 11.7 Å². The smallest absolute Gasteiger partial charge is 0.220 e. The minimum absolute atomic E-state index is 0.204. The molecule has 1 aliphatic carbocycles. The van der Waals surface area contributed by atoms with Gasteiger partial charge >= 0.3 is 0 Å². The van der Waals surface area contributed by atoms with Crippen LogP contribution >= 0.6 is 0 Å². The molecule has 0 bridgehead atoms. The maximum atomic E-state index is 11.6. The van der Waals surface area contributed by atoms with Crippen molar-refractivity contribution in [1.82, 2.24) is 5.32 Å². The van der Waals surface area contributed by atoms with Gasteiger partial charge in [0.1, 0.15) is 0 Å². The molecule has 4 nitrogen and oxygen atoms in total. The molecule has 1 saturated carbocycles. The summed E-state index contributed by atoms with van der Waals surface area (Å²) < 4.78 is 5.24.